The number of hydrogen-bond donors (Lipinski definition) is 3. The Hall–Kier alpha value is -2.05. The maximum atomic E-state index is 11.4. The minimum absolute atomic E-state index is 0.166. The van der Waals surface area contributed by atoms with Gasteiger partial charge in [0.15, 0.2) is 0 Å². The van der Waals surface area contributed by atoms with Crippen LogP contribution in [0.4, 0.5) is 4.79 Å². The van der Waals surface area contributed by atoms with Gasteiger partial charge in [0.05, 0.1) is 6.54 Å². The first-order valence-corrected chi connectivity index (χ1v) is 6.20. The Labute approximate surface area is 111 Å². The van der Waals surface area contributed by atoms with Crippen molar-refractivity contribution in [1.82, 2.24) is 15.8 Å². The highest BCUT2D eigenvalue weighted by atomic mass is 16.5. The van der Waals surface area contributed by atoms with Gasteiger partial charge >= 0.3 is 12.0 Å². The number of carbonyl (C=O) groups excluding carboxylic acids is 1. The molecule has 2 amide bonds. The van der Waals surface area contributed by atoms with Gasteiger partial charge in [-0.15, -0.1) is 0 Å². The highest BCUT2D eigenvalue weighted by Gasteiger charge is 2.07. The zero-order chi connectivity index (χ0) is 14.1. The lowest BCUT2D eigenvalue weighted by atomic mass is 10.0. The fraction of sp³-hybridized carbons (Fsp3) is 0.583. The van der Waals surface area contributed by atoms with E-state index in [1.807, 2.05) is 6.92 Å². The maximum absolute atomic E-state index is 11.4. The lowest BCUT2D eigenvalue weighted by molar-refractivity contribution is -0.137. The predicted molar refractivity (Wildman–Crippen MR) is 67.4 cm³/mol. The van der Waals surface area contributed by atoms with Gasteiger partial charge in [0.2, 0.25) is 0 Å². The quantitative estimate of drug-likeness (QED) is 0.661. The third-order valence-electron chi connectivity index (χ3n) is 2.70. The van der Waals surface area contributed by atoms with Crippen LogP contribution < -0.4 is 10.6 Å². The van der Waals surface area contributed by atoms with Crippen molar-refractivity contribution in [2.75, 3.05) is 6.54 Å². The molecule has 1 heterocycles. The minimum atomic E-state index is -0.787. The van der Waals surface area contributed by atoms with Gasteiger partial charge in [-0.2, -0.15) is 0 Å². The largest absolute Gasteiger partial charge is 0.481 e. The van der Waals surface area contributed by atoms with Crippen LogP contribution >= 0.6 is 0 Å². The van der Waals surface area contributed by atoms with E-state index in [-0.39, 0.29) is 18.4 Å². The fourth-order valence-corrected chi connectivity index (χ4v) is 1.51. The molecule has 0 aromatic carbocycles. The van der Waals surface area contributed by atoms with Gasteiger partial charge in [-0.3, -0.25) is 4.79 Å². The molecule has 1 unspecified atom stereocenters. The molecule has 0 spiro atoms. The summed E-state index contributed by atoms with van der Waals surface area (Å²) in [4.78, 5) is 21.8. The number of carbonyl (C=O) groups is 2. The normalized spacial score (nSPS) is 11.8. The van der Waals surface area contributed by atoms with Gasteiger partial charge in [0.1, 0.15) is 12.0 Å². The second-order valence-electron chi connectivity index (χ2n) is 4.43. The van der Waals surface area contributed by atoms with Crippen LogP contribution in [0.1, 0.15) is 31.9 Å². The van der Waals surface area contributed by atoms with Crippen molar-refractivity contribution < 1.29 is 19.2 Å². The number of rotatable bonds is 8. The fourth-order valence-electron chi connectivity index (χ4n) is 1.51. The lowest BCUT2D eigenvalue weighted by Gasteiger charge is -2.11. The Bertz CT molecular complexity index is 392. The lowest BCUT2D eigenvalue weighted by Crippen LogP contribution is -2.36. The number of carboxylic acid groups (broad SMARTS) is 1. The standard InChI is InChI=1S/C12H19N3O4/c1-9(2-3-11(16)17)4-6-13-12(18)14-8-10-5-7-19-15-10/h5,7,9H,2-4,6,8H2,1H3,(H,16,17)(H2,13,14,18). The summed E-state index contributed by atoms with van der Waals surface area (Å²) in [5.74, 6) is -0.517. The van der Waals surface area contributed by atoms with Gasteiger partial charge in [0.25, 0.3) is 0 Å². The van der Waals surface area contributed by atoms with Crippen LogP contribution in [0.5, 0.6) is 0 Å². The first-order chi connectivity index (χ1) is 9.08. The van der Waals surface area contributed by atoms with Gasteiger partial charge < -0.3 is 20.3 Å². The molecule has 0 aliphatic carbocycles. The molecule has 0 saturated carbocycles. The molecule has 0 fully saturated rings. The second-order valence-corrected chi connectivity index (χ2v) is 4.43. The summed E-state index contributed by atoms with van der Waals surface area (Å²) in [7, 11) is 0. The zero-order valence-corrected chi connectivity index (χ0v) is 10.9. The maximum Gasteiger partial charge on any atom is 0.315 e. The van der Waals surface area contributed by atoms with Crippen molar-refractivity contribution in [3.63, 3.8) is 0 Å². The Morgan fingerprint density at radius 1 is 1.42 bits per heavy atom. The average Bonchev–Trinajstić information content (AvgIpc) is 2.87. The molecule has 0 bridgehead atoms. The molecule has 1 rings (SSSR count). The van der Waals surface area contributed by atoms with Crippen LogP contribution in [0.3, 0.4) is 0 Å². The Balaban J connectivity index is 2.05. The molecular weight excluding hydrogens is 250 g/mol. The molecule has 0 aliphatic rings. The monoisotopic (exact) mass is 269 g/mol. The van der Waals surface area contributed by atoms with Crippen molar-refractivity contribution in [1.29, 1.82) is 0 Å². The molecule has 7 heteroatoms. The molecule has 106 valence electrons. The van der Waals surface area contributed by atoms with Crippen LogP contribution in [0, 0.1) is 5.92 Å². The number of urea groups is 1. The molecule has 0 aliphatic heterocycles. The van der Waals surface area contributed by atoms with E-state index in [1.165, 1.54) is 6.26 Å². The number of carboxylic acids is 1. The highest BCUT2D eigenvalue weighted by molar-refractivity contribution is 5.73. The summed E-state index contributed by atoms with van der Waals surface area (Å²) >= 11 is 0. The van der Waals surface area contributed by atoms with Crippen LogP contribution in [0.2, 0.25) is 0 Å². The molecular formula is C12H19N3O4. The van der Waals surface area contributed by atoms with Crippen LogP contribution in [0.25, 0.3) is 0 Å². The summed E-state index contributed by atoms with van der Waals surface area (Å²) < 4.78 is 4.64. The van der Waals surface area contributed by atoms with Crippen molar-refractivity contribution >= 4 is 12.0 Å². The summed E-state index contributed by atoms with van der Waals surface area (Å²) in [6, 6.07) is 1.40. The molecule has 0 saturated heterocycles. The van der Waals surface area contributed by atoms with Crippen molar-refractivity contribution in [3.05, 3.63) is 18.0 Å². The molecule has 7 nitrogen and oxygen atoms in total. The van der Waals surface area contributed by atoms with Gasteiger partial charge in [0, 0.05) is 19.0 Å². The third kappa shape index (κ3) is 7.07. The average molecular weight is 269 g/mol. The number of aromatic nitrogens is 1. The van der Waals surface area contributed by atoms with E-state index in [0.717, 1.165) is 6.42 Å². The van der Waals surface area contributed by atoms with E-state index in [0.29, 0.717) is 25.2 Å². The van der Waals surface area contributed by atoms with E-state index < -0.39 is 5.97 Å². The first-order valence-electron chi connectivity index (χ1n) is 6.20. The summed E-state index contributed by atoms with van der Waals surface area (Å²) in [5.41, 5.74) is 0.657. The Kier molecular flexibility index (Phi) is 6.42. The third-order valence-corrected chi connectivity index (χ3v) is 2.70. The van der Waals surface area contributed by atoms with E-state index in [2.05, 4.69) is 20.3 Å². The van der Waals surface area contributed by atoms with Crippen molar-refractivity contribution in [2.24, 2.45) is 5.92 Å². The SMILES string of the molecule is CC(CCNC(=O)NCc1ccon1)CCC(=O)O. The molecule has 1 aromatic rings. The smallest absolute Gasteiger partial charge is 0.315 e. The van der Waals surface area contributed by atoms with Crippen LogP contribution in [0.15, 0.2) is 16.9 Å². The van der Waals surface area contributed by atoms with Crippen LogP contribution in [-0.2, 0) is 11.3 Å². The number of nitrogens with one attached hydrogen (secondary N) is 2. The number of amides is 2. The minimum Gasteiger partial charge on any atom is -0.481 e. The van der Waals surface area contributed by atoms with Crippen molar-refractivity contribution in [2.45, 2.75) is 32.7 Å². The van der Waals surface area contributed by atoms with E-state index in [4.69, 9.17) is 5.11 Å². The molecule has 19 heavy (non-hydrogen) atoms. The first kappa shape index (κ1) is 15.0. The number of aliphatic carboxylic acids is 1. The second kappa shape index (κ2) is 8.12. The summed E-state index contributed by atoms with van der Waals surface area (Å²) in [6.07, 6.45) is 2.99. The Morgan fingerprint density at radius 2 is 2.21 bits per heavy atom. The van der Waals surface area contributed by atoms with E-state index in [1.54, 1.807) is 6.07 Å². The van der Waals surface area contributed by atoms with Crippen LogP contribution in [-0.4, -0.2) is 28.8 Å². The number of nitrogens with zero attached hydrogens (tertiary/aromatic N) is 1. The Morgan fingerprint density at radius 3 is 2.84 bits per heavy atom. The van der Waals surface area contributed by atoms with Gasteiger partial charge in [-0.25, -0.2) is 4.79 Å². The number of hydrogen-bond acceptors (Lipinski definition) is 4. The molecule has 3 N–H and O–H groups in total. The molecule has 1 aromatic heterocycles. The topological polar surface area (TPSA) is 104 Å². The predicted octanol–water partition coefficient (Wildman–Crippen LogP) is 1.36. The molecule has 0 radical (unpaired) electrons. The summed E-state index contributed by atoms with van der Waals surface area (Å²) in [5, 5.41) is 17.6. The molecule has 1 atom stereocenters. The van der Waals surface area contributed by atoms with Gasteiger partial charge in [-0.1, -0.05) is 12.1 Å². The van der Waals surface area contributed by atoms with E-state index in [9.17, 15) is 9.59 Å². The van der Waals surface area contributed by atoms with E-state index >= 15 is 0 Å². The summed E-state index contributed by atoms with van der Waals surface area (Å²) in [6.45, 7) is 2.81. The van der Waals surface area contributed by atoms with Crippen molar-refractivity contribution in [3.8, 4) is 0 Å². The zero-order valence-electron chi connectivity index (χ0n) is 10.9. The highest BCUT2D eigenvalue weighted by Crippen LogP contribution is 2.08. The van der Waals surface area contributed by atoms with Gasteiger partial charge in [-0.05, 0) is 18.8 Å².